The Morgan fingerprint density at radius 1 is 1.20 bits per heavy atom. The fourth-order valence-electron chi connectivity index (χ4n) is 3.94. The zero-order valence-electron chi connectivity index (χ0n) is 14.5. The van der Waals surface area contributed by atoms with Gasteiger partial charge in [0.2, 0.25) is 5.91 Å². The van der Waals surface area contributed by atoms with Crippen molar-refractivity contribution in [1.82, 2.24) is 19.4 Å². The van der Waals surface area contributed by atoms with Crippen molar-refractivity contribution < 1.29 is 9.53 Å². The number of carbonyl (C=O) groups excluding carboxylic acids is 1. The van der Waals surface area contributed by atoms with Crippen LogP contribution in [0.1, 0.15) is 18.9 Å². The van der Waals surface area contributed by atoms with Crippen LogP contribution in [0.2, 0.25) is 0 Å². The summed E-state index contributed by atoms with van der Waals surface area (Å²) in [7, 11) is 1.98. The van der Waals surface area contributed by atoms with E-state index in [1.165, 1.54) is 0 Å². The van der Waals surface area contributed by atoms with Gasteiger partial charge in [0.25, 0.3) is 0 Å². The lowest BCUT2D eigenvalue weighted by Gasteiger charge is -2.38. The summed E-state index contributed by atoms with van der Waals surface area (Å²) in [6.07, 6.45) is 1.59. The zero-order chi connectivity index (χ0) is 17.4. The number of benzene rings is 1. The highest BCUT2D eigenvalue weighted by atomic mass is 16.5. The molecule has 2 fully saturated rings. The van der Waals surface area contributed by atoms with Crippen LogP contribution in [0.4, 0.5) is 0 Å². The van der Waals surface area contributed by atoms with E-state index < -0.39 is 0 Å². The summed E-state index contributed by atoms with van der Waals surface area (Å²) in [5.41, 5.74) is 1.75. The van der Waals surface area contributed by atoms with Gasteiger partial charge in [-0.15, -0.1) is 0 Å². The first-order valence-corrected chi connectivity index (χ1v) is 8.91. The van der Waals surface area contributed by atoms with Crippen molar-refractivity contribution in [2.24, 2.45) is 0 Å². The van der Waals surface area contributed by atoms with Crippen molar-refractivity contribution in [2.75, 3.05) is 39.9 Å². The minimum Gasteiger partial charge on any atom is -0.378 e. The molecule has 1 N–H and O–H groups in total. The second kappa shape index (κ2) is 6.65. The highest BCUT2D eigenvalue weighted by Crippen LogP contribution is 2.25. The van der Waals surface area contributed by atoms with E-state index in [4.69, 9.17) is 4.74 Å². The number of nitrogens with zero attached hydrogens (tertiary/aromatic N) is 3. The van der Waals surface area contributed by atoms with Gasteiger partial charge in [0, 0.05) is 25.7 Å². The number of carbonyl (C=O) groups is 1. The summed E-state index contributed by atoms with van der Waals surface area (Å²) < 4.78 is 7.32. The number of amides is 1. The maximum absolute atomic E-state index is 12.8. The lowest BCUT2D eigenvalue weighted by molar-refractivity contribution is -0.143. The molecule has 4 rings (SSSR count). The standard InChI is InChI=1S/C18H24N4O3/c1-20-10-11-25-12-16(20)17(23)21-8-6-13(7-9-21)22-15-5-3-2-4-14(15)19-18(22)24/h2-5,13,16H,6-12H2,1H3,(H,19,24). The predicted octanol–water partition coefficient (Wildman–Crippen LogP) is 0.824. The molecule has 134 valence electrons. The Labute approximate surface area is 146 Å². The van der Waals surface area contributed by atoms with Crippen LogP contribution >= 0.6 is 0 Å². The number of H-pyrrole nitrogens is 1. The topological polar surface area (TPSA) is 70.6 Å². The Balaban J connectivity index is 1.47. The molecule has 0 bridgehead atoms. The molecule has 1 unspecified atom stereocenters. The molecule has 1 aromatic carbocycles. The minimum absolute atomic E-state index is 0.0635. The lowest BCUT2D eigenvalue weighted by atomic mass is 10.0. The van der Waals surface area contributed by atoms with E-state index in [1.807, 2.05) is 40.8 Å². The Morgan fingerprint density at radius 3 is 2.72 bits per heavy atom. The molecule has 7 nitrogen and oxygen atoms in total. The van der Waals surface area contributed by atoms with Crippen LogP contribution in [0.5, 0.6) is 0 Å². The first-order chi connectivity index (χ1) is 12.1. The molecule has 2 aromatic rings. The van der Waals surface area contributed by atoms with Crippen molar-refractivity contribution in [1.29, 1.82) is 0 Å². The molecule has 1 aromatic heterocycles. The molecule has 1 amide bonds. The van der Waals surface area contributed by atoms with Crippen LogP contribution in [0.3, 0.4) is 0 Å². The number of piperidine rings is 1. The van der Waals surface area contributed by atoms with Crippen LogP contribution in [0.25, 0.3) is 11.0 Å². The number of para-hydroxylation sites is 2. The van der Waals surface area contributed by atoms with Crippen molar-refractivity contribution in [3.63, 3.8) is 0 Å². The average molecular weight is 344 g/mol. The number of imidazole rings is 1. The smallest absolute Gasteiger partial charge is 0.326 e. The highest BCUT2D eigenvalue weighted by molar-refractivity contribution is 5.82. The van der Waals surface area contributed by atoms with Gasteiger partial charge >= 0.3 is 5.69 Å². The molecule has 0 spiro atoms. The van der Waals surface area contributed by atoms with E-state index in [1.54, 1.807) is 0 Å². The number of aromatic amines is 1. The van der Waals surface area contributed by atoms with Crippen molar-refractivity contribution in [2.45, 2.75) is 24.9 Å². The van der Waals surface area contributed by atoms with Crippen molar-refractivity contribution in [3.8, 4) is 0 Å². The zero-order valence-corrected chi connectivity index (χ0v) is 14.5. The highest BCUT2D eigenvalue weighted by Gasteiger charge is 2.33. The van der Waals surface area contributed by atoms with Crippen molar-refractivity contribution in [3.05, 3.63) is 34.7 Å². The summed E-state index contributed by atoms with van der Waals surface area (Å²) >= 11 is 0. The first kappa shape index (κ1) is 16.4. The monoisotopic (exact) mass is 344 g/mol. The Hall–Kier alpha value is -2.12. The van der Waals surface area contributed by atoms with Crippen molar-refractivity contribution >= 4 is 16.9 Å². The third-order valence-corrected chi connectivity index (χ3v) is 5.45. The Kier molecular flexibility index (Phi) is 4.35. The second-order valence-corrected chi connectivity index (χ2v) is 6.95. The lowest BCUT2D eigenvalue weighted by Crippen LogP contribution is -2.54. The maximum atomic E-state index is 12.8. The van der Waals surface area contributed by atoms with E-state index in [0.717, 1.165) is 30.4 Å². The fraction of sp³-hybridized carbons (Fsp3) is 0.556. The van der Waals surface area contributed by atoms with Gasteiger partial charge in [-0.25, -0.2) is 4.79 Å². The van der Waals surface area contributed by atoms with Crippen LogP contribution in [0, 0.1) is 0 Å². The number of ether oxygens (including phenoxy) is 1. The van der Waals surface area contributed by atoms with E-state index >= 15 is 0 Å². The molecular weight excluding hydrogens is 320 g/mol. The van der Waals surface area contributed by atoms with Gasteiger partial charge in [0.05, 0.1) is 24.2 Å². The SMILES string of the molecule is CN1CCOCC1C(=O)N1CCC(n2c(=O)[nH]c3ccccc32)CC1. The van der Waals surface area contributed by atoms with Gasteiger partial charge in [-0.3, -0.25) is 14.3 Å². The summed E-state index contributed by atoms with van der Waals surface area (Å²) in [5.74, 6) is 0.145. The number of rotatable bonds is 2. The second-order valence-electron chi connectivity index (χ2n) is 6.95. The minimum atomic E-state index is -0.180. The largest absolute Gasteiger partial charge is 0.378 e. The number of hydrogen-bond acceptors (Lipinski definition) is 4. The maximum Gasteiger partial charge on any atom is 0.326 e. The number of nitrogens with one attached hydrogen (secondary N) is 1. The van der Waals surface area contributed by atoms with Gasteiger partial charge in [0.1, 0.15) is 6.04 Å². The molecule has 25 heavy (non-hydrogen) atoms. The van der Waals surface area contributed by atoms with Gasteiger partial charge in [-0.05, 0) is 32.0 Å². The summed E-state index contributed by atoms with van der Waals surface area (Å²) in [5, 5.41) is 0. The molecule has 0 aliphatic carbocycles. The van der Waals surface area contributed by atoms with E-state index in [9.17, 15) is 9.59 Å². The van der Waals surface area contributed by atoms with Crippen LogP contribution in [0.15, 0.2) is 29.1 Å². The summed E-state index contributed by atoms with van der Waals surface area (Å²) in [6.45, 7) is 3.31. The molecular formula is C18H24N4O3. The average Bonchev–Trinajstić information content (AvgIpc) is 2.97. The number of likely N-dealkylation sites (N-methyl/N-ethyl adjacent to an activating group) is 1. The van der Waals surface area contributed by atoms with E-state index in [-0.39, 0.29) is 23.7 Å². The fourth-order valence-corrected chi connectivity index (χ4v) is 3.94. The molecule has 2 aliphatic rings. The van der Waals surface area contributed by atoms with Gasteiger partial charge in [-0.2, -0.15) is 0 Å². The normalized spacial score (nSPS) is 23.2. The number of likely N-dealkylation sites (tertiary alicyclic amines) is 1. The molecule has 2 aliphatic heterocycles. The summed E-state index contributed by atoms with van der Waals surface area (Å²) in [4.78, 5) is 32.0. The third kappa shape index (κ3) is 2.98. The van der Waals surface area contributed by atoms with Crippen LogP contribution in [-0.4, -0.2) is 71.2 Å². The number of hydrogen-bond donors (Lipinski definition) is 1. The Bertz CT molecular complexity index is 819. The molecule has 3 heterocycles. The van der Waals surface area contributed by atoms with Gasteiger partial charge in [-0.1, -0.05) is 12.1 Å². The van der Waals surface area contributed by atoms with Gasteiger partial charge in [0.15, 0.2) is 0 Å². The Morgan fingerprint density at radius 2 is 1.96 bits per heavy atom. The number of fused-ring (bicyclic) bond motifs is 1. The molecule has 0 saturated carbocycles. The van der Waals surface area contributed by atoms with Crippen LogP contribution < -0.4 is 5.69 Å². The van der Waals surface area contributed by atoms with Gasteiger partial charge < -0.3 is 14.6 Å². The first-order valence-electron chi connectivity index (χ1n) is 8.91. The molecule has 2 saturated heterocycles. The predicted molar refractivity (Wildman–Crippen MR) is 94.6 cm³/mol. The summed E-state index contributed by atoms with van der Waals surface area (Å²) in [6, 6.07) is 7.72. The number of morpholine rings is 1. The quantitative estimate of drug-likeness (QED) is 0.876. The van der Waals surface area contributed by atoms with E-state index in [2.05, 4.69) is 9.88 Å². The van der Waals surface area contributed by atoms with E-state index in [0.29, 0.717) is 26.3 Å². The molecule has 0 radical (unpaired) electrons. The molecule has 7 heteroatoms. The number of aromatic nitrogens is 2. The van der Waals surface area contributed by atoms with Crippen LogP contribution in [-0.2, 0) is 9.53 Å². The third-order valence-electron chi connectivity index (χ3n) is 5.45. The molecule has 1 atom stereocenters.